The Bertz CT molecular complexity index is 813. The Morgan fingerprint density at radius 3 is 2.81 bits per heavy atom. The van der Waals surface area contributed by atoms with Gasteiger partial charge in [0.1, 0.15) is 5.82 Å². The molecule has 0 bridgehead atoms. The van der Waals surface area contributed by atoms with Crippen LogP contribution in [0.15, 0.2) is 48.5 Å². The molecule has 3 aromatic rings. The number of nitrogen functional groups attached to an aromatic ring is 1. The van der Waals surface area contributed by atoms with Crippen LogP contribution in [0.25, 0.3) is 10.1 Å². The third-order valence-electron chi connectivity index (χ3n) is 3.16. The molecule has 0 aliphatic carbocycles. The topological polar surface area (TPSA) is 55.1 Å². The number of thiophene rings is 1. The lowest BCUT2D eigenvalue weighted by Crippen LogP contribution is -2.22. The van der Waals surface area contributed by atoms with Crippen LogP contribution >= 0.6 is 11.3 Å². The van der Waals surface area contributed by atoms with Crippen LogP contribution in [-0.2, 0) is 6.54 Å². The molecule has 3 rings (SSSR count). The van der Waals surface area contributed by atoms with Gasteiger partial charge in [0.15, 0.2) is 0 Å². The number of hydrogen-bond donors (Lipinski definition) is 2. The van der Waals surface area contributed by atoms with Crippen molar-refractivity contribution in [1.82, 2.24) is 5.32 Å². The van der Waals surface area contributed by atoms with Gasteiger partial charge >= 0.3 is 0 Å². The number of rotatable bonds is 3. The largest absolute Gasteiger partial charge is 0.399 e. The maximum absolute atomic E-state index is 13.5. The number of carbonyl (C=O) groups is 1. The van der Waals surface area contributed by atoms with Crippen LogP contribution in [0.2, 0.25) is 0 Å². The van der Waals surface area contributed by atoms with E-state index in [1.54, 1.807) is 30.3 Å². The van der Waals surface area contributed by atoms with Crippen molar-refractivity contribution in [3.63, 3.8) is 0 Å². The number of anilines is 1. The first kappa shape index (κ1) is 13.6. The standard InChI is InChI=1S/C16H13FN2OS/c17-13-4-2-1-3-10(13)9-19-16(20)15-8-11-7-12(18)5-6-14(11)21-15/h1-8H,9,18H2,(H,19,20). The number of nitrogens with one attached hydrogen (secondary N) is 1. The summed E-state index contributed by atoms with van der Waals surface area (Å²) < 4.78 is 14.5. The highest BCUT2D eigenvalue weighted by Gasteiger charge is 2.11. The molecule has 106 valence electrons. The van der Waals surface area contributed by atoms with Crippen LogP contribution in [0.1, 0.15) is 15.2 Å². The van der Waals surface area contributed by atoms with E-state index >= 15 is 0 Å². The molecule has 0 saturated carbocycles. The van der Waals surface area contributed by atoms with Crippen LogP contribution in [0.5, 0.6) is 0 Å². The number of halogens is 1. The molecule has 0 unspecified atom stereocenters. The summed E-state index contributed by atoms with van der Waals surface area (Å²) in [6, 6.07) is 13.7. The van der Waals surface area contributed by atoms with Crippen molar-refractivity contribution in [2.45, 2.75) is 6.54 Å². The van der Waals surface area contributed by atoms with Crippen LogP contribution in [-0.4, -0.2) is 5.91 Å². The molecule has 0 radical (unpaired) electrons. The highest BCUT2D eigenvalue weighted by atomic mass is 32.1. The van der Waals surface area contributed by atoms with E-state index in [-0.39, 0.29) is 18.3 Å². The van der Waals surface area contributed by atoms with Crippen molar-refractivity contribution in [3.05, 3.63) is 64.8 Å². The van der Waals surface area contributed by atoms with Crippen molar-refractivity contribution >= 4 is 33.0 Å². The first-order valence-corrected chi connectivity index (χ1v) is 7.26. The Morgan fingerprint density at radius 1 is 1.19 bits per heavy atom. The van der Waals surface area contributed by atoms with E-state index in [2.05, 4.69) is 5.32 Å². The highest BCUT2D eigenvalue weighted by Crippen LogP contribution is 2.27. The van der Waals surface area contributed by atoms with Gasteiger partial charge in [-0.15, -0.1) is 11.3 Å². The Labute approximate surface area is 125 Å². The van der Waals surface area contributed by atoms with Crippen LogP contribution < -0.4 is 11.1 Å². The van der Waals surface area contributed by atoms with Gasteiger partial charge in [-0.2, -0.15) is 0 Å². The van der Waals surface area contributed by atoms with E-state index in [4.69, 9.17) is 5.73 Å². The van der Waals surface area contributed by atoms with E-state index in [1.165, 1.54) is 17.4 Å². The molecule has 3 nitrogen and oxygen atoms in total. The third-order valence-corrected chi connectivity index (χ3v) is 4.28. The van der Waals surface area contributed by atoms with Crippen molar-refractivity contribution in [3.8, 4) is 0 Å². The second-order valence-corrected chi connectivity index (χ2v) is 5.77. The molecule has 0 saturated heterocycles. The average Bonchev–Trinajstić information content (AvgIpc) is 2.89. The number of nitrogens with two attached hydrogens (primary N) is 1. The fraction of sp³-hybridized carbons (Fsp3) is 0.0625. The van der Waals surface area contributed by atoms with Gasteiger partial charge in [0.05, 0.1) is 4.88 Å². The quantitative estimate of drug-likeness (QED) is 0.727. The minimum Gasteiger partial charge on any atom is -0.399 e. The second kappa shape index (κ2) is 5.54. The lowest BCUT2D eigenvalue weighted by molar-refractivity contribution is 0.0954. The molecule has 0 aliphatic heterocycles. The molecular formula is C16H13FN2OS. The van der Waals surface area contributed by atoms with Gasteiger partial charge in [0.2, 0.25) is 0 Å². The van der Waals surface area contributed by atoms with Gasteiger partial charge in [-0.05, 0) is 35.7 Å². The lowest BCUT2D eigenvalue weighted by Gasteiger charge is -2.04. The zero-order valence-electron chi connectivity index (χ0n) is 11.1. The summed E-state index contributed by atoms with van der Waals surface area (Å²) >= 11 is 1.39. The molecule has 0 fully saturated rings. The normalized spacial score (nSPS) is 10.7. The zero-order valence-corrected chi connectivity index (χ0v) is 11.9. The van der Waals surface area contributed by atoms with Gasteiger partial charge in [0.25, 0.3) is 5.91 Å². The number of hydrogen-bond acceptors (Lipinski definition) is 3. The molecular weight excluding hydrogens is 287 g/mol. The highest BCUT2D eigenvalue weighted by molar-refractivity contribution is 7.20. The Balaban J connectivity index is 1.76. The monoisotopic (exact) mass is 300 g/mol. The molecule has 0 aliphatic rings. The van der Waals surface area contributed by atoms with Gasteiger partial charge in [-0.1, -0.05) is 18.2 Å². The summed E-state index contributed by atoms with van der Waals surface area (Å²) in [5.41, 5.74) is 6.86. The molecule has 2 aromatic carbocycles. The van der Waals surface area contributed by atoms with E-state index in [0.29, 0.717) is 16.1 Å². The Kier molecular flexibility index (Phi) is 3.58. The molecule has 21 heavy (non-hydrogen) atoms. The summed E-state index contributed by atoms with van der Waals surface area (Å²) in [4.78, 5) is 12.7. The molecule has 5 heteroatoms. The van der Waals surface area contributed by atoms with Crippen LogP contribution in [0.3, 0.4) is 0 Å². The fourth-order valence-corrected chi connectivity index (χ4v) is 3.04. The molecule has 1 amide bonds. The summed E-state index contributed by atoms with van der Waals surface area (Å²) in [5.74, 6) is -0.528. The Morgan fingerprint density at radius 2 is 2.00 bits per heavy atom. The van der Waals surface area contributed by atoms with E-state index in [9.17, 15) is 9.18 Å². The van der Waals surface area contributed by atoms with E-state index in [0.717, 1.165) is 10.1 Å². The van der Waals surface area contributed by atoms with E-state index in [1.807, 2.05) is 12.1 Å². The zero-order chi connectivity index (χ0) is 14.8. The summed E-state index contributed by atoms with van der Waals surface area (Å²) in [6.07, 6.45) is 0. The van der Waals surface area contributed by atoms with Gasteiger partial charge in [0, 0.05) is 22.5 Å². The molecule has 3 N–H and O–H groups in total. The predicted octanol–water partition coefficient (Wildman–Crippen LogP) is 3.55. The first-order valence-electron chi connectivity index (χ1n) is 6.44. The minimum absolute atomic E-state index is 0.169. The summed E-state index contributed by atoms with van der Waals surface area (Å²) in [5, 5.41) is 3.67. The van der Waals surface area contributed by atoms with Crippen molar-refractivity contribution < 1.29 is 9.18 Å². The predicted molar refractivity (Wildman–Crippen MR) is 83.8 cm³/mol. The molecule has 0 spiro atoms. The minimum atomic E-state index is -0.318. The average molecular weight is 300 g/mol. The van der Waals surface area contributed by atoms with E-state index < -0.39 is 0 Å². The van der Waals surface area contributed by atoms with Crippen LogP contribution in [0.4, 0.5) is 10.1 Å². The molecule has 1 heterocycles. The smallest absolute Gasteiger partial charge is 0.261 e. The number of benzene rings is 2. The van der Waals surface area contributed by atoms with Gasteiger partial charge < -0.3 is 11.1 Å². The summed E-state index contributed by atoms with van der Waals surface area (Å²) in [6.45, 7) is 0.169. The molecule has 1 aromatic heterocycles. The van der Waals surface area contributed by atoms with Gasteiger partial charge in [-0.3, -0.25) is 4.79 Å². The second-order valence-electron chi connectivity index (χ2n) is 4.68. The fourth-order valence-electron chi connectivity index (χ4n) is 2.08. The van der Waals surface area contributed by atoms with Crippen molar-refractivity contribution in [1.29, 1.82) is 0 Å². The van der Waals surface area contributed by atoms with Crippen molar-refractivity contribution in [2.24, 2.45) is 0 Å². The summed E-state index contributed by atoms with van der Waals surface area (Å²) in [7, 11) is 0. The molecule has 0 atom stereocenters. The number of carbonyl (C=O) groups excluding carboxylic acids is 1. The Hall–Kier alpha value is -2.40. The third kappa shape index (κ3) is 2.87. The van der Waals surface area contributed by atoms with Crippen LogP contribution in [0, 0.1) is 5.82 Å². The SMILES string of the molecule is Nc1ccc2sc(C(=O)NCc3ccccc3F)cc2c1. The number of fused-ring (bicyclic) bond motifs is 1. The maximum atomic E-state index is 13.5. The maximum Gasteiger partial charge on any atom is 0.261 e. The van der Waals surface area contributed by atoms with Gasteiger partial charge in [-0.25, -0.2) is 4.39 Å². The van der Waals surface area contributed by atoms with Crippen molar-refractivity contribution in [2.75, 3.05) is 5.73 Å². The first-order chi connectivity index (χ1) is 10.1. The lowest BCUT2D eigenvalue weighted by atomic mass is 10.2. The number of amides is 1.